The predicted octanol–water partition coefficient (Wildman–Crippen LogP) is 1.10. The molecule has 20 heavy (non-hydrogen) atoms. The molecule has 2 heterocycles. The van der Waals surface area contributed by atoms with Gasteiger partial charge in [-0.15, -0.1) is 0 Å². The third kappa shape index (κ3) is 4.99. The lowest BCUT2D eigenvalue weighted by atomic mass is 9.96. The number of halogens is 3. The summed E-state index contributed by atoms with van der Waals surface area (Å²) >= 11 is 0. The van der Waals surface area contributed by atoms with Crippen molar-refractivity contribution in [3.63, 3.8) is 0 Å². The Morgan fingerprint density at radius 3 is 1.95 bits per heavy atom. The maximum atomic E-state index is 11.8. The Labute approximate surface area is 115 Å². The molecule has 2 rings (SSSR count). The number of carbonyl (C=O) groups is 2. The first kappa shape index (κ1) is 16.7. The number of carboxylic acids is 1. The van der Waals surface area contributed by atoms with Crippen LogP contribution in [0, 0.1) is 11.8 Å². The third-order valence-corrected chi connectivity index (χ3v) is 3.47. The maximum Gasteiger partial charge on any atom is 0.490 e. The topological polar surface area (TPSA) is 69.6 Å². The first-order valence-corrected chi connectivity index (χ1v) is 6.51. The number of hydrogen-bond donors (Lipinski definition) is 2. The molecular weight excluding hydrogens is 277 g/mol. The Morgan fingerprint density at radius 2 is 1.65 bits per heavy atom. The minimum Gasteiger partial charge on any atom is -0.475 e. The van der Waals surface area contributed by atoms with Crippen LogP contribution < -0.4 is 5.32 Å². The largest absolute Gasteiger partial charge is 0.490 e. The van der Waals surface area contributed by atoms with Crippen LogP contribution in [-0.2, 0) is 9.59 Å². The van der Waals surface area contributed by atoms with Crippen LogP contribution in [0.2, 0.25) is 0 Å². The molecule has 116 valence electrons. The minimum absolute atomic E-state index is 0.286. The van der Waals surface area contributed by atoms with Gasteiger partial charge in [0.15, 0.2) is 0 Å². The van der Waals surface area contributed by atoms with Gasteiger partial charge in [0.2, 0.25) is 5.91 Å². The minimum atomic E-state index is -5.08. The summed E-state index contributed by atoms with van der Waals surface area (Å²) in [6.07, 6.45) is -2.71. The molecule has 0 bridgehead atoms. The normalized spacial score (nSPS) is 20.7. The molecule has 0 radical (unpaired) electrons. The molecule has 0 atom stereocenters. The molecule has 5 nitrogen and oxygen atoms in total. The van der Waals surface area contributed by atoms with Gasteiger partial charge in [-0.2, -0.15) is 13.2 Å². The van der Waals surface area contributed by atoms with E-state index in [4.69, 9.17) is 9.90 Å². The van der Waals surface area contributed by atoms with Crippen molar-refractivity contribution in [2.45, 2.75) is 25.9 Å². The molecule has 0 spiro atoms. The maximum absolute atomic E-state index is 11.8. The fourth-order valence-electron chi connectivity index (χ4n) is 1.95. The van der Waals surface area contributed by atoms with Gasteiger partial charge in [0.05, 0.1) is 5.92 Å². The van der Waals surface area contributed by atoms with Crippen molar-refractivity contribution >= 4 is 11.9 Å². The Hall–Kier alpha value is -1.31. The van der Waals surface area contributed by atoms with Gasteiger partial charge in [0, 0.05) is 26.2 Å². The van der Waals surface area contributed by atoms with Crippen LogP contribution in [0.5, 0.6) is 0 Å². The van der Waals surface area contributed by atoms with Gasteiger partial charge >= 0.3 is 12.1 Å². The molecule has 0 unspecified atom stereocenters. The smallest absolute Gasteiger partial charge is 0.475 e. The molecule has 0 saturated carbocycles. The predicted molar refractivity (Wildman–Crippen MR) is 65.0 cm³/mol. The van der Waals surface area contributed by atoms with Crippen molar-refractivity contribution in [2.75, 3.05) is 26.2 Å². The van der Waals surface area contributed by atoms with Gasteiger partial charge in [-0.25, -0.2) is 4.79 Å². The van der Waals surface area contributed by atoms with Gasteiger partial charge in [-0.05, 0) is 18.8 Å². The van der Waals surface area contributed by atoms with Crippen LogP contribution in [0.15, 0.2) is 0 Å². The molecule has 1 amide bonds. The number of rotatable bonds is 1. The van der Waals surface area contributed by atoms with Gasteiger partial charge in [0.1, 0.15) is 0 Å². The van der Waals surface area contributed by atoms with E-state index in [1.54, 1.807) is 0 Å². The molecule has 0 aromatic rings. The summed E-state index contributed by atoms with van der Waals surface area (Å²) in [6, 6.07) is 0. The number of hydrogen-bond acceptors (Lipinski definition) is 3. The Bertz CT molecular complexity index is 348. The summed E-state index contributed by atoms with van der Waals surface area (Å²) < 4.78 is 31.7. The highest BCUT2D eigenvalue weighted by Crippen LogP contribution is 2.18. The van der Waals surface area contributed by atoms with Crippen LogP contribution in [0.4, 0.5) is 13.2 Å². The molecule has 2 saturated heterocycles. The Kier molecular flexibility index (Phi) is 5.79. The number of nitrogens with one attached hydrogen (secondary N) is 1. The number of carbonyl (C=O) groups excluding carboxylic acids is 1. The van der Waals surface area contributed by atoms with Crippen LogP contribution in [0.1, 0.15) is 19.8 Å². The second-order valence-electron chi connectivity index (χ2n) is 5.17. The summed E-state index contributed by atoms with van der Waals surface area (Å²) in [4.78, 5) is 22.7. The van der Waals surface area contributed by atoms with Crippen LogP contribution >= 0.6 is 0 Å². The third-order valence-electron chi connectivity index (χ3n) is 3.47. The number of aliphatic carboxylic acids is 1. The van der Waals surface area contributed by atoms with E-state index in [0.29, 0.717) is 5.91 Å². The summed E-state index contributed by atoms with van der Waals surface area (Å²) in [5, 5.41) is 10.3. The summed E-state index contributed by atoms with van der Waals surface area (Å²) in [5.41, 5.74) is 0. The van der Waals surface area contributed by atoms with Crippen molar-refractivity contribution in [3.8, 4) is 0 Å². The van der Waals surface area contributed by atoms with E-state index in [0.717, 1.165) is 32.1 Å². The van der Waals surface area contributed by atoms with E-state index in [1.165, 1.54) is 12.8 Å². The quantitative estimate of drug-likeness (QED) is 0.760. The zero-order valence-corrected chi connectivity index (χ0v) is 11.2. The second-order valence-corrected chi connectivity index (χ2v) is 5.17. The monoisotopic (exact) mass is 296 g/mol. The van der Waals surface area contributed by atoms with Crippen molar-refractivity contribution < 1.29 is 27.9 Å². The molecule has 0 aromatic heterocycles. The number of piperidine rings is 1. The van der Waals surface area contributed by atoms with Crippen LogP contribution in [0.25, 0.3) is 0 Å². The highest BCUT2D eigenvalue weighted by atomic mass is 19.4. The van der Waals surface area contributed by atoms with E-state index < -0.39 is 12.1 Å². The van der Waals surface area contributed by atoms with Gasteiger partial charge < -0.3 is 15.3 Å². The molecular formula is C12H19F3N2O3. The molecule has 8 heteroatoms. The van der Waals surface area contributed by atoms with E-state index in [1.807, 2.05) is 4.90 Å². The lowest BCUT2D eigenvalue weighted by Crippen LogP contribution is -2.53. The van der Waals surface area contributed by atoms with E-state index in [9.17, 15) is 18.0 Å². The Balaban J connectivity index is 0.000000246. The highest BCUT2D eigenvalue weighted by molar-refractivity contribution is 5.80. The Morgan fingerprint density at radius 1 is 1.20 bits per heavy atom. The van der Waals surface area contributed by atoms with Gasteiger partial charge in [0.25, 0.3) is 0 Å². The fraction of sp³-hybridized carbons (Fsp3) is 0.833. The molecule has 2 aliphatic heterocycles. The molecule has 2 aliphatic rings. The molecule has 0 aliphatic carbocycles. The zero-order valence-electron chi connectivity index (χ0n) is 11.2. The number of nitrogens with zero attached hydrogens (tertiary/aromatic N) is 1. The SMILES string of the molecule is CC1CCN(C(=O)C2CNC2)CC1.O=C(O)C(F)(F)F. The van der Waals surface area contributed by atoms with Gasteiger partial charge in [-0.3, -0.25) is 4.79 Å². The summed E-state index contributed by atoms with van der Waals surface area (Å²) in [6.45, 7) is 6.02. The summed E-state index contributed by atoms with van der Waals surface area (Å²) in [5.74, 6) is -1.28. The number of amides is 1. The second kappa shape index (κ2) is 6.92. The fourth-order valence-corrected chi connectivity index (χ4v) is 1.95. The van der Waals surface area contributed by atoms with E-state index in [-0.39, 0.29) is 5.92 Å². The number of alkyl halides is 3. The lowest BCUT2D eigenvalue weighted by Gasteiger charge is -2.36. The first-order chi connectivity index (χ1) is 9.21. The van der Waals surface area contributed by atoms with E-state index in [2.05, 4.69) is 12.2 Å². The standard InChI is InChI=1S/C10H18N2O.C2HF3O2/c1-8-2-4-12(5-3-8)10(13)9-6-11-7-9;3-2(4,5)1(6)7/h8-9,11H,2-7H2,1H3;(H,6,7). The van der Waals surface area contributed by atoms with Crippen LogP contribution in [0.3, 0.4) is 0 Å². The highest BCUT2D eigenvalue weighted by Gasteiger charge is 2.38. The first-order valence-electron chi connectivity index (χ1n) is 6.51. The lowest BCUT2D eigenvalue weighted by molar-refractivity contribution is -0.192. The van der Waals surface area contributed by atoms with Crippen molar-refractivity contribution in [1.82, 2.24) is 10.2 Å². The molecule has 0 aromatic carbocycles. The number of carboxylic acid groups (broad SMARTS) is 1. The van der Waals surface area contributed by atoms with Crippen molar-refractivity contribution in [3.05, 3.63) is 0 Å². The molecule has 2 N–H and O–H groups in total. The average Bonchev–Trinajstić information content (AvgIpc) is 2.27. The van der Waals surface area contributed by atoms with Crippen LogP contribution in [-0.4, -0.2) is 54.2 Å². The van der Waals surface area contributed by atoms with Gasteiger partial charge in [-0.1, -0.05) is 6.92 Å². The molecule has 2 fully saturated rings. The summed E-state index contributed by atoms with van der Waals surface area (Å²) in [7, 11) is 0. The van der Waals surface area contributed by atoms with E-state index >= 15 is 0 Å². The van der Waals surface area contributed by atoms with Crippen molar-refractivity contribution in [1.29, 1.82) is 0 Å². The van der Waals surface area contributed by atoms with Crippen molar-refractivity contribution in [2.24, 2.45) is 11.8 Å². The average molecular weight is 296 g/mol. The zero-order chi connectivity index (χ0) is 15.3. The number of likely N-dealkylation sites (tertiary alicyclic amines) is 1.